The van der Waals surface area contributed by atoms with Crippen molar-refractivity contribution in [3.63, 3.8) is 0 Å². The van der Waals surface area contributed by atoms with Gasteiger partial charge in [0.1, 0.15) is 0 Å². The largest absolute Gasteiger partial charge is 0.481 e. The van der Waals surface area contributed by atoms with E-state index in [1.54, 1.807) is 32.0 Å². The van der Waals surface area contributed by atoms with Crippen LogP contribution in [0.3, 0.4) is 0 Å². The topological polar surface area (TPSA) is 98.5 Å². The first-order valence-electron chi connectivity index (χ1n) is 16.2. The summed E-state index contributed by atoms with van der Waals surface area (Å²) in [5, 5.41) is 30.0. The summed E-state index contributed by atoms with van der Waals surface area (Å²) in [5.41, 5.74) is -5.43. The fourth-order valence-electron chi connectivity index (χ4n) is 8.45. The molecule has 3 saturated carbocycles. The van der Waals surface area contributed by atoms with Crippen molar-refractivity contribution in [3.05, 3.63) is 45.0 Å². The third kappa shape index (κ3) is 7.98. The summed E-state index contributed by atoms with van der Waals surface area (Å²) in [7, 11) is 0. The molecule has 1 aromatic rings. The van der Waals surface area contributed by atoms with E-state index in [1.807, 2.05) is 0 Å². The summed E-state index contributed by atoms with van der Waals surface area (Å²) in [5.74, 6) is -2.90. The maximum absolute atomic E-state index is 14.9. The second-order valence-corrected chi connectivity index (χ2v) is 15.5. The van der Waals surface area contributed by atoms with Gasteiger partial charge in [-0.2, -0.15) is 13.2 Å². The summed E-state index contributed by atoms with van der Waals surface area (Å²) < 4.78 is 44.7. The fraction of sp³-hybridized carbons (Fsp3) is 0.686. The lowest BCUT2D eigenvalue weighted by molar-refractivity contribution is -0.150. The van der Waals surface area contributed by atoms with E-state index in [4.69, 9.17) is 28.6 Å². The number of ketones is 1. The van der Waals surface area contributed by atoms with Gasteiger partial charge in [0, 0.05) is 38.4 Å². The van der Waals surface area contributed by atoms with Crippen molar-refractivity contribution >= 4 is 41.2 Å². The van der Waals surface area contributed by atoms with Crippen molar-refractivity contribution in [1.29, 1.82) is 5.41 Å². The number of carboxylic acids is 1. The monoisotopic (exact) mass is 671 g/mol. The van der Waals surface area contributed by atoms with Gasteiger partial charge in [0.2, 0.25) is 0 Å². The third-order valence-electron chi connectivity index (χ3n) is 10.9. The van der Waals surface area contributed by atoms with Crippen LogP contribution in [0.25, 0.3) is 0 Å². The highest BCUT2D eigenvalue weighted by molar-refractivity contribution is 6.36. The van der Waals surface area contributed by atoms with E-state index in [2.05, 4.69) is 0 Å². The van der Waals surface area contributed by atoms with Gasteiger partial charge < -0.3 is 15.6 Å². The highest BCUT2D eigenvalue weighted by atomic mass is 35.5. The predicted molar refractivity (Wildman–Crippen MR) is 171 cm³/mol. The molecule has 4 unspecified atom stereocenters. The first-order valence-corrected chi connectivity index (χ1v) is 17.0. The van der Waals surface area contributed by atoms with Gasteiger partial charge in [-0.3, -0.25) is 9.59 Å². The van der Waals surface area contributed by atoms with E-state index < -0.39 is 51.4 Å². The molecule has 0 radical (unpaired) electrons. The molecule has 3 fully saturated rings. The Kier molecular flexibility index (Phi) is 10.9. The molecule has 1 aromatic carbocycles. The van der Waals surface area contributed by atoms with Gasteiger partial charge >= 0.3 is 12.1 Å². The Bertz CT molecular complexity index is 1290. The number of hydrogen-bond acceptors (Lipinski definition) is 4. The fourth-order valence-corrected chi connectivity index (χ4v) is 9.26. The van der Waals surface area contributed by atoms with Crippen molar-refractivity contribution in [3.8, 4) is 0 Å². The molecule has 0 heterocycles. The van der Waals surface area contributed by atoms with Gasteiger partial charge in [-0.15, -0.1) is 0 Å². The first-order chi connectivity index (χ1) is 20.9. The maximum atomic E-state index is 14.9. The Morgan fingerprint density at radius 2 is 1.58 bits per heavy atom. The second kappa shape index (κ2) is 13.7. The van der Waals surface area contributed by atoms with Gasteiger partial charge in [-0.1, -0.05) is 74.7 Å². The summed E-state index contributed by atoms with van der Waals surface area (Å²) in [6, 6.07) is 4.78. The molecule has 0 bridgehead atoms. The van der Waals surface area contributed by atoms with Gasteiger partial charge in [0.25, 0.3) is 0 Å². The number of rotatable bonds is 11. The molecular weight excluding hydrogens is 626 g/mol. The lowest BCUT2D eigenvalue weighted by Gasteiger charge is -2.39. The molecule has 0 aromatic heterocycles. The normalized spacial score (nSPS) is 29.5. The molecule has 10 heteroatoms. The number of benzene rings is 1. The molecule has 4 atom stereocenters. The smallest absolute Gasteiger partial charge is 0.413 e. The number of Topliss-reactive ketones (excluding diaryl/α,β-unsaturated/α-hetero) is 1. The predicted octanol–water partition coefficient (Wildman–Crippen LogP) is 9.95. The zero-order valence-corrected chi connectivity index (χ0v) is 27.9. The van der Waals surface area contributed by atoms with Crippen molar-refractivity contribution in [2.45, 2.75) is 116 Å². The summed E-state index contributed by atoms with van der Waals surface area (Å²) in [4.78, 5) is 26.3. The van der Waals surface area contributed by atoms with E-state index in [-0.39, 0.29) is 52.6 Å². The number of alkyl halides is 3. The summed E-state index contributed by atoms with van der Waals surface area (Å²) >= 11 is 12.9. The van der Waals surface area contributed by atoms with E-state index in [9.17, 15) is 33.0 Å². The second-order valence-electron chi connectivity index (χ2n) is 14.7. The molecular formula is C35H46Cl2F3NO4. The van der Waals surface area contributed by atoms with Crippen molar-refractivity contribution < 1.29 is 33.0 Å². The van der Waals surface area contributed by atoms with E-state index in [0.29, 0.717) is 31.9 Å². The third-order valence-corrected chi connectivity index (χ3v) is 11.6. The van der Waals surface area contributed by atoms with Crippen LogP contribution in [-0.2, 0) is 15.2 Å². The number of carbonyl (C=O) groups excluding carboxylic acids is 1. The Labute approximate surface area is 274 Å². The molecule has 45 heavy (non-hydrogen) atoms. The molecule has 5 nitrogen and oxygen atoms in total. The van der Waals surface area contributed by atoms with Crippen molar-refractivity contribution in [2.75, 3.05) is 0 Å². The molecule has 0 saturated heterocycles. The van der Waals surface area contributed by atoms with Crippen LogP contribution in [0.15, 0.2) is 29.3 Å². The molecule has 3 aliphatic carbocycles. The number of aliphatic hydroxyl groups is 1. The molecule has 3 aliphatic rings. The SMILES string of the molecule is CC1(C(=O)O)CCC(C2CC2C(=C(C=N)C(=O)C(C)(CC2CCCCCC2)CC(C)(O)c2c(Cl)cccc2Cl)C(F)(F)F)CC1. The number of allylic oxidation sites excluding steroid dienone is 2. The van der Waals surface area contributed by atoms with Crippen LogP contribution in [0.4, 0.5) is 13.2 Å². The molecule has 3 N–H and O–H groups in total. The Morgan fingerprint density at radius 1 is 1.02 bits per heavy atom. The number of aliphatic carboxylic acids is 1. The minimum Gasteiger partial charge on any atom is -0.481 e. The number of hydrogen-bond donors (Lipinski definition) is 3. The number of carbonyl (C=O) groups is 2. The standard InChI is InChI=1S/C35H46Cl2F3NO4/c1-32(31(43)44)15-13-22(14-16-32)23-17-24(23)28(35(38,39)40)25(19-41)30(42)33(2,18-21-9-6-4-5-7-10-21)20-34(3,45)29-26(36)11-8-12-27(29)37/h8,11-12,19,21-24,41,45H,4-7,9-10,13-18,20H2,1-3H3,(H,43,44). The van der Waals surface area contributed by atoms with Crippen LogP contribution in [0, 0.1) is 39.9 Å². The van der Waals surface area contributed by atoms with E-state index >= 15 is 0 Å². The average molecular weight is 673 g/mol. The number of halogens is 5. The minimum absolute atomic E-state index is 0.0673. The van der Waals surface area contributed by atoms with Crippen LogP contribution in [0.2, 0.25) is 10.0 Å². The van der Waals surface area contributed by atoms with Gasteiger partial charge in [0.05, 0.1) is 11.0 Å². The summed E-state index contributed by atoms with van der Waals surface area (Å²) in [6.45, 7) is 4.79. The molecule has 250 valence electrons. The highest BCUT2D eigenvalue weighted by Crippen LogP contribution is 2.59. The van der Waals surface area contributed by atoms with Crippen molar-refractivity contribution in [2.24, 2.45) is 34.5 Å². The zero-order valence-electron chi connectivity index (χ0n) is 26.4. The zero-order chi connectivity index (χ0) is 33.4. The highest BCUT2D eigenvalue weighted by Gasteiger charge is 2.56. The Balaban J connectivity index is 1.71. The molecule has 4 rings (SSSR count). The molecule has 0 amide bonds. The number of nitrogens with one attached hydrogen (secondary N) is 1. The lowest BCUT2D eigenvalue weighted by Crippen LogP contribution is -2.40. The molecule has 0 aliphatic heterocycles. The van der Waals surface area contributed by atoms with Crippen LogP contribution in [0.1, 0.15) is 110 Å². The quantitative estimate of drug-likeness (QED) is 0.124. The summed E-state index contributed by atoms with van der Waals surface area (Å²) in [6.07, 6.45) is 3.62. The van der Waals surface area contributed by atoms with Gasteiger partial charge in [0.15, 0.2) is 5.78 Å². The van der Waals surface area contributed by atoms with Crippen LogP contribution in [-0.4, -0.2) is 34.4 Å². The number of carboxylic acid groups (broad SMARTS) is 1. The van der Waals surface area contributed by atoms with Gasteiger partial charge in [-0.25, -0.2) is 0 Å². The van der Waals surface area contributed by atoms with Gasteiger partial charge in [-0.05, 0) is 94.6 Å². The Hall–Kier alpha value is -1.90. The Morgan fingerprint density at radius 3 is 2.07 bits per heavy atom. The minimum atomic E-state index is -4.83. The first kappa shape index (κ1) is 35.9. The molecule has 0 spiro atoms. The maximum Gasteiger partial charge on any atom is 0.413 e. The van der Waals surface area contributed by atoms with E-state index in [1.165, 1.54) is 6.92 Å². The van der Waals surface area contributed by atoms with Crippen molar-refractivity contribution in [1.82, 2.24) is 0 Å². The lowest BCUT2D eigenvalue weighted by atomic mass is 9.66. The van der Waals surface area contributed by atoms with Crippen LogP contribution >= 0.6 is 23.2 Å². The van der Waals surface area contributed by atoms with Crippen LogP contribution < -0.4 is 0 Å². The van der Waals surface area contributed by atoms with Crippen LogP contribution in [0.5, 0.6) is 0 Å². The average Bonchev–Trinajstić information content (AvgIpc) is 3.75. The van der Waals surface area contributed by atoms with E-state index in [0.717, 1.165) is 38.5 Å².